The minimum absolute atomic E-state index is 0.167. The Hall–Kier alpha value is -1.16. The van der Waals surface area contributed by atoms with E-state index >= 15 is 0 Å². The average molecular weight is 250 g/mol. The highest BCUT2D eigenvalue weighted by Gasteiger charge is 2.31. The van der Waals surface area contributed by atoms with Gasteiger partial charge >= 0.3 is 0 Å². The normalized spacial score (nSPS) is 25.7. The molecule has 1 aromatic heterocycles. The van der Waals surface area contributed by atoms with Crippen molar-refractivity contribution >= 4 is 0 Å². The molecule has 2 aliphatic rings. The Morgan fingerprint density at radius 3 is 2.83 bits per heavy atom. The minimum atomic E-state index is -0.474. The minimum Gasteiger partial charge on any atom is -0.473 e. The van der Waals surface area contributed by atoms with Crippen molar-refractivity contribution in [3.05, 3.63) is 24.1 Å². The first-order valence-corrected chi connectivity index (χ1v) is 6.84. The lowest BCUT2D eigenvalue weighted by Gasteiger charge is -2.23. The zero-order valence-corrected chi connectivity index (χ0v) is 10.5. The van der Waals surface area contributed by atoms with Crippen molar-refractivity contribution in [3.63, 3.8) is 0 Å². The van der Waals surface area contributed by atoms with Gasteiger partial charge in [0, 0.05) is 25.2 Å². The van der Waals surface area contributed by atoms with Crippen LogP contribution in [0.15, 0.2) is 18.2 Å². The lowest BCUT2D eigenvalue weighted by molar-refractivity contribution is 0.172. The number of hydrogen-bond donors (Lipinski definition) is 0. The molecule has 0 bridgehead atoms. The first-order chi connectivity index (χ1) is 8.81. The van der Waals surface area contributed by atoms with Gasteiger partial charge in [0.25, 0.3) is 0 Å². The van der Waals surface area contributed by atoms with Crippen LogP contribution in [0, 0.1) is 5.95 Å². The van der Waals surface area contributed by atoms with E-state index in [0.29, 0.717) is 5.88 Å². The molecule has 1 unspecified atom stereocenters. The van der Waals surface area contributed by atoms with E-state index in [1.54, 1.807) is 12.1 Å². The molecule has 4 heteroatoms. The third-order valence-electron chi connectivity index (χ3n) is 3.99. The summed E-state index contributed by atoms with van der Waals surface area (Å²) >= 11 is 0. The summed E-state index contributed by atoms with van der Waals surface area (Å²) in [5.41, 5.74) is 0. The second kappa shape index (κ2) is 5.22. The van der Waals surface area contributed by atoms with Crippen molar-refractivity contribution in [1.82, 2.24) is 9.88 Å². The van der Waals surface area contributed by atoms with Crippen molar-refractivity contribution in [3.8, 4) is 5.88 Å². The molecule has 0 aromatic carbocycles. The van der Waals surface area contributed by atoms with Crippen molar-refractivity contribution in [2.24, 2.45) is 0 Å². The Kier molecular flexibility index (Phi) is 3.46. The summed E-state index contributed by atoms with van der Waals surface area (Å²) in [6.07, 6.45) is 6.56. The molecule has 0 radical (unpaired) electrons. The molecule has 1 saturated carbocycles. The van der Waals surface area contributed by atoms with Crippen LogP contribution in [0.2, 0.25) is 0 Å². The Morgan fingerprint density at radius 1 is 1.22 bits per heavy atom. The van der Waals surface area contributed by atoms with Gasteiger partial charge in [-0.2, -0.15) is 9.37 Å². The van der Waals surface area contributed by atoms with Crippen molar-refractivity contribution in [2.75, 3.05) is 13.1 Å². The summed E-state index contributed by atoms with van der Waals surface area (Å²) in [6, 6.07) is 5.45. The molecule has 1 aromatic rings. The molecule has 1 aliphatic carbocycles. The van der Waals surface area contributed by atoms with Crippen molar-refractivity contribution in [2.45, 2.75) is 44.2 Å². The van der Waals surface area contributed by atoms with E-state index in [-0.39, 0.29) is 6.10 Å². The van der Waals surface area contributed by atoms with Crippen molar-refractivity contribution < 1.29 is 9.13 Å². The molecule has 3 nitrogen and oxygen atoms in total. The van der Waals surface area contributed by atoms with Gasteiger partial charge in [-0.05, 0) is 25.3 Å². The Balaban J connectivity index is 1.55. The lowest BCUT2D eigenvalue weighted by Crippen LogP contribution is -2.32. The summed E-state index contributed by atoms with van der Waals surface area (Å²) in [6.45, 7) is 2.06. The fourth-order valence-electron chi connectivity index (χ4n) is 3.08. The highest BCUT2D eigenvalue weighted by molar-refractivity contribution is 5.11. The number of pyridine rings is 1. The molecule has 0 amide bonds. The number of likely N-dealkylation sites (tertiary alicyclic amines) is 1. The maximum Gasteiger partial charge on any atom is 0.216 e. The van der Waals surface area contributed by atoms with E-state index in [1.807, 2.05) is 0 Å². The van der Waals surface area contributed by atoms with Gasteiger partial charge in [-0.15, -0.1) is 0 Å². The second-order valence-electron chi connectivity index (χ2n) is 5.26. The molecule has 2 heterocycles. The average Bonchev–Trinajstić information content (AvgIpc) is 2.98. The monoisotopic (exact) mass is 250 g/mol. The SMILES string of the molecule is Fc1cccc(OC2CCN(C3CCCC3)C2)n1. The van der Waals surface area contributed by atoms with Crippen LogP contribution in [0.3, 0.4) is 0 Å². The molecule has 1 atom stereocenters. The van der Waals surface area contributed by atoms with E-state index in [1.165, 1.54) is 31.7 Å². The van der Waals surface area contributed by atoms with Crippen LogP contribution < -0.4 is 4.74 Å². The van der Waals surface area contributed by atoms with Gasteiger partial charge in [0.05, 0.1) is 0 Å². The molecule has 18 heavy (non-hydrogen) atoms. The molecule has 3 rings (SSSR count). The maximum absolute atomic E-state index is 13.0. The Morgan fingerprint density at radius 2 is 2.06 bits per heavy atom. The topological polar surface area (TPSA) is 25.4 Å². The van der Waals surface area contributed by atoms with Gasteiger partial charge in [-0.25, -0.2) is 0 Å². The molecular formula is C14H19FN2O. The number of hydrogen-bond acceptors (Lipinski definition) is 3. The van der Waals surface area contributed by atoms with Gasteiger partial charge in [0.15, 0.2) is 0 Å². The van der Waals surface area contributed by atoms with Gasteiger partial charge in [0.2, 0.25) is 11.8 Å². The predicted octanol–water partition coefficient (Wildman–Crippen LogP) is 2.62. The fourth-order valence-corrected chi connectivity index (χ4v) is 3.08. The molecule has 0 N–H and O–H groups in total. The summed E-state index contributed by atoms with van der Waals surface area (Å²) in [7, 11) is 0. The summed E-state index contributed by atoms with van der Waals surface area (Å²) < 4.78 is 18.7. The highest BCUT2D eigenvalue weighted by Crippen LogP contribution is 2.27. The summed E-state index contributed by atoms with van der Waals surface area (Å²) in [5.74, 6) is -0.0635. The van der Waals surface area contributed by atoms with Crippen LogP contribution in [-0.4, -0.2) is 35.1 Å². The van der Waals surface area contributed by atoms with Crippen LogP contribution in [0.4, 0.5) is 4.39 Å². The van der Waals surface area contributed by atoms with Crippen LogP contribution in [0.1, 0.15) is 32.1 Å². The van der Waals surface area contributed by atoms with Gasteiger partial charge < -0.3 is 4.74 Å². The standard InChI is InChI=1S/C14H19FN2O/c15-13-6-3-7-14(16-13)18-12-8-9-17(10-12)11-4-1-2-5-11/h3,6-7,11-12H,1-2,4-5,8-10H2. The fraction of sp³-hybridized carbons (Fsp3) is 0.643. The summed E-state index contributed by atoms with van der Waals surface area (Å²) in [5, 5.41) is 0. The predicted molar refractivity (Wildman–Crippen MR) is 67.1 cm³/mol. The Bertz CT molecular complexity index is 407. The second-order valence-corrected chi connectivity index (χ2v) is 5.26. The van der Waals surface area contributed by atoms with E-state index in [4.69, 9.17) is 4.74 Å². The molecule has 1 aliphatic heterocycles. The number of ether oxygens (including phenoxy) is 1. The number of rotatable bonds is 3. The first kappa shape index (κ1) is 11.9. The largest absolute Gasteiger partial charge is 0.473 e. The Labute approximate surface area is 107 Å². The van der Waals surface area contributed by atoms with Crippen LogP contribution >= 0.6 is 0 Å². The summed E-state index contributed by atoms with van der Waals surface area (Å²) in [4.78, 5) is 6.28. The lowest BCUT2D eigenvalue weighted by atomic mass is 10.2. The van der Waals surface area contributed by atoms with Crippen molar-refractivity contribution in [1.29, 1.82) is 0 Å². The first-order valence-electron chi connectivity index (χ1n) is 6.84. The van der Waals surface area contributed by atoms with E-state index in [9.17, 15) is 4.39 Å². The third-order valence-corrected chi connectivity index (χ3v) is 3.99. The zero-order chi connectivity index (χ0) is 12.4. The molecule has 98 valence electrons. The number of nitrogens with zero attached hydrogens (tertiary/aromatic N) is 2. The van der Waals surface area contributed by atoms with Crippen LogP contribution in [0.5, 0.6) is 5.88 Å². The molecule has 1 saturated heterocycles. The van der Waals surface area contributed by atoms with Crippen LogP contribution in [-0.2, 0) is 0 Å². The number of aromatic nitrogens is 1. The quantitative estimate of drug-likeness (QED) is 0.771. The van der Waals surface area contributed by atoms with Gasteiger partial charge in [0.1, 0.15) is 6.10 Å². The van der Waals surface area contributed by atoms with E-state index in [0.717, 1.165) is 25.6 Å². The molecular weight excluding hydrogens is 231 g/mol. The van der Waals surface area contributed by atoms with Crippen LogP contribution in [0.25, 0.3) is 0 Å². The smallest absolute Gasteiger partial charge is 0.216 e. The highest BCUT2D eigenvalue weighted by atomic mass is 19.1. The molecule has 0 spiro atoms. The van der Waals surface area contributed by atoms with E-state index < -0.39 is 5.95 Å². The van der Waals surface area contributed by atoms with Gasteiger partial charge in [-0.3, -0.25) is 4.90 Å². The third kappa shape index (κ3) is 2.64. The number of halogens is 1. The molecule has 2 fully saturated rings. The van der Waals surface area contributed by atoms with E-state index in [2.05, 4.69) is 9.88 Å². The van der Waals surface area contributed by atoms with Gasteiger partial charge in [-0.1, -0.05) is 18.9 Å². The maximum atomic E-state index is 13.0. The zero-order valence-electron chi connectivity index (χ0n) is 10.5.